The second kappa shape index (κ2) is 5.72. The highest BCUT2D eigenvalue weighted by Gasteiger charge is 2.29. The topological polar surface area (TPSA) is 32.3 Å². The van der Waals surface area contributed by atoms with Crippen molar-refractivity contribution in [2.75, 3.05) is 6.61 Å². The summed E-state index contributed by atoms with van der Waals surface area (Å²) in [6, 6.07) is 0.661. The van der Waals surface area contributed by atoms with Gasteiger partial charge in [-0.05, 0) is 25.7 Å². The average molecular weight is 199 g/mol. The molecule has 2 heteroatoms. The van der Waals surface area contributed by atoms with Crippen LogP contribution in [0.25, 0.3) is 0 Å². The van der Waals surface area contributed by atoms with Crippen molar-refractivity contribution in [1.82, 2.24) is 5.32 Å². The van der Waals surface area contributed by atoms with Crippen LogP contribution in [0.15, 0.2) is 0 Å². The van der Waals surface area contributed by atoms with E-state index in [1.807, 2.05) is 0 Å². The van der Waals surface area contributed by atoms with E-state index >= 15 is 0 Å². The molecule has 1 fully saturated rings. The highest BCUT2D eigenvalue weighted by Crippen LogP contribution is 2.24. The van der Waals surface area contributed by atoms with Crippen molar-refractivity contribution in [2.45, 2.75) is 70.4 Å². The van der Waals surface area contributed by atoms with Crippen molar-refractivity contribution < 1.29 is 5.11 Å². The van der Waals surface area contributed by atoms with Crippen molar-refractivity contribution in [1.29, 1.82) is 0 Å². The zero-order valence-electron chi connectivity index (χ0n) is 9.68. The van der Waals surface area contributed by atoms with Crippen LogP contribution in [0.2, 0.25) is 0 Å². The van der Waals surface area contributed by atoms with Crippen LogP contribution in [0.1, 0.15) is 58.8 Å². The second-order valence-electron chi connectivity index (χ2n) is 4.67. The molecule has 84 valence electrons. The van der Waals surface area contributed by atoms with Gasteiger partial charge in [-0.1, -0.05) is 33.1 Å². The van der Waals surface area contributed by atoms with E-state index in [9.17, 15) is 5.11 Å². The molecule has 14 heavy (non-hydrogen) atoms. The van der Waals surface area contributed by atoms with Crippen LogP contribution in [0.3, 0.4) is 0 Å². The van der Waals surface area contributed by atoms with Gasteiger partial charge in [0.25, 0.3) is 0 Å². The molecule has 0 bridgehead atoms. The first kappa shape index (κ1) is 12.0. The largest absolute Gasteiger partial charge is 0.394 e. The predicted molar refractivity (Wildman–Crippen MR) is 60.4 cm³/mol. The minimum atomic E-state index is 0.00373. The summed E-state index contributed by atoms with van der Waals surface area (Å²) in [6.07, 6.45) is 8.58. The monoisotopic (exact) mass is 199 g/mol. The summed E-state index contributed by atoms with van der Waals surface area (Å²) >= 11 is 0. The van der Waals surface area contributed by atoms with Gasteiger partial charge >= 0.3 is 0 Å². The summed E-state index contributed by atoms with van der Waals surface area (Å²) in [7, 11) is 0. The van der Waals surface area contributed by atoms with Crippen LogP contribution in [-0.4, -0.2) is 23.3 Å². The number of hydrogen-bond acceptors (Lipinski definition) is 2. The van der Waals surface area contributed by atoms with Gasteiger partial charge < -0.3 is 10.4 Å². The van der Waals surface area contributed by atoms with Gasteiger partial charge in [-0.25, -0.2) is 0 Å². The van der Waals surface area contributed by atoms with Gasteiger partial charge in [0, 0.05) is 11.6 Å². The molecule has 0 saturated heterocycles. The molecule has 0 aromatic rings. The molecule has 2 nitrogen and oxygen atoms in total. The summed E-state index contributed by atoms with van der Waals surface area (Å²) in [5.74, 6) is 0. The Morgan fingerprint density at radius 2 is 1.93 bits per heavy atom. The molecule has 0 radical (unpaired) electrons. The number of nitrogens with one attached hydrogen (secondary N) is 1. The minimum absolute atomic E-state index is 0.00373. The van der Waals surface area contributed by atoms with Crippen LogP contribution in [-0.2, 0) is 0 Å². The Bertz CT molecular complexity index is 148. The van der Waals surface area contributed by atoms with Gasteiger partial charge in [-0.2, -0.15) is 0 Å². The molecule has 0 spiro atoms. The molecule has 0 heterocycles. The summed E-state index contributed by atoms with van der Waals surface area (Å²) in [5, 5.41) is 13.2. The fraction of sp³-hybridized carbons (Fsp3) is 1.00. The lowest BCUT2D eigenvalue weighted by Crippen LogP contribution is -2.51. The van der Waals surface area contributed by atoms with Gasteiger partial charge in [0.15, 0.2) is 0 Å². The van der Waals surface area contributed by atoms with Crippen LogP contribution in [0.5, 0.6) is 0 Å². The first-order valence-corrected chi connectivity index (χ1v) is 6.15. The predicted octanol–water partition coefficient (Wildman–Crippen LogP) is 2.46. The van der Waals surface area contributed by atoms with Gasteiger partial charge in [0.2, 0.25) is 0 Å². The molecule has 0 aliphatic heterocycles. The first-order valence-electron chi connectivity index (χ1n) is 6.15. The van der Waals surface area contributed by atoms with E-state index in [4.69, 9.17) is 0 Å². The molecule has 0 amide bonds. The maximum Gasteiger partial charge on any atom is 0.0613 e. The van der Waals surface area contributed by atoms with E-state index in [1.54, 1.807) is 0 Å². The van der Waals surface area contributed by atoms with Crippen molar-refractivity contribution in [3.05, 3.63) is 0 Å². The Hall–Kier alpha value is -0.0800. The molecule has 1 aliphatic carbocycles. The normalized spacial score (nSPS) is 22.5. The summed E-state index contributed by atoms with van der Waals surface area (Å²) in [4.78, 5) is 0. The number of aliphatic hydroxyl groups excluding tert-OH is 1. The molecule has 1 unspecified atom stereocenters. The highest BCUT2D eigenvalue weighted by atomic mass is 16.3. The Labute approximate surface area is 88.1 Å². The number of rotatable bonds is 6. The quantitative estimate of drug-likeness (QED) is 0.688. The van der Waals surface area contributed by atoms with Crippen LogP contribution >= 0.6 is 0 Å². The lowest BCUT2D eigenvalue weighted by molar-refractivity contribution is 0.132. The second-order valence-corrected chi connectivity index (χ2v) is 4.67. The summed E-state index contributed by atoms with van der Waals surface area (Å²) in [5.41, 5.74) is 0.00373. The Morgan fingerprint density at radius 3 is 2.36 bits per heavy atom. The number of aliphatic hydroxyl groups is 1. The van der Waals surface area contributed by atoms with Crippen LogP contribution < -0.4 is 5.32 Å². The molecule has 1 saturated carbocycles. The molecule has 0 aromatic carbocycles. The zero-order chi connectivity index (χ0) is 10.4. The van der Waals surface area contributed by atoms with E-state index in [0.29, 0.717) is 6.04 Å². The maximum absolute atomic E-state index is 9.51. The molecule has 1 rings (SSSR count). The van der Waals surface area contributed by atoms with Crippen molar-refractivity contribution in [2.24, 2.45) is 0 Å². The third-order valence-corrected chi connectivity index (χ3v) is 3.57. The van der Waals surface area contributed by atoms with Crippen LogP contribution in [0, 0.1) is 0 Å². The standard InChI is InChI=1S/C12H25NO/c1-3-9-12(4-2,10-14)13-11-7-5-6-8-11/h11,13-14H,3-10H2,1-2H3. The Kier molecular flexibility index (Phi) is 4.90. The van der Waals surface area contributed by atoms with E-state index in [1.165, 1.54) is 25.7 Å². The molecule has 1 atom stereocenters. The summed E-state index contributed by atoms with van der Waals surface area (Å²) in [6.45, 7) is 4.65. The lowest BCUT2D eigenvalue weighted by Gasteiger charge is -2.35. The molecular weight excluding hydrogens is 174 g/mol. The van der Waals surface area contributed by atoms with Crippen molar-refractivity contribution in [3.63, 3.8) is 0 Å². The SMILES string of the molecule is CCCC(CC)(CO)NC1CCCC1. The van der Waals surface area contributed by atoms with Crippen LogP contribution in [0.4, 0.5) is 0 Å². The smallest absolute Gasteiger partial charge is 0.0613 e. The Morgan fingerprint density at radius 1 is 1.29 bits per heavy atom. The Balaban J connectivity index is 2.47. The third-order valence-electron chi connectivity index (χ3n) is 3.57. The molecule has 0 aromatic heterocycles. The van der Waals surface area contributed by atoms with E-state index in [2.05, 4.69) is 19.2 Å². The molecule has 2 N–H and O–H groups in total. The van der Waals surface area contributed by atoms with Gasteiger partial charge in [-0.3, -0.25) is 0 Å². The summed E-state index contributed by atoms with van der Waals surface area (Å²) < 4.78 is 0. The van der Waals surface area contributed by atoms with Gasteiger partial charge in [0.05, 0.1) is 6.61 Å². The molecule has 1 aliphatic rings. The maximum atomic E-state index is 9.51. The van der Waals surface area contributed by atoms with Crippen molar-refractivity contribution in [3.8, 4) is 0 Å². The lowest BCUT2D eigenvalue weighted by atomic mass is 9.90. The van der Waals surface area contributed by atoms with E-state index in [-0.39, 0.29) is 12.1 Å². The van der Waals surface area contributed by atoms with Gasteiger partial charge in [-0.15, -0.1) is 0 Å². The average Bonchev–Trinajstić information content (AvgIpc) is 2.69. The minimum Gasteiger partial charge on any atom is -0.394 e. The van der Waals surface area contributed by atoms with Crippen molar-refractivity contribution >= 4 is 0 Å². The third kappa shape index (κ3) is 2.96. The molecular formula is C12H25NO. The van der Waals surface area contributed by atoms with Gasteiger partial charge in [0.1, 0.15) is 0 Å². The fourth-order valence-electron chi connectivity index (χ4n) is 2.57. The highest BCUT2D eigenvalue weighted by molar-refractivity contribution is 4.90. The fourth-order valence-corrected chi connectivity index (χ4v) is 2.57. The first-order chi connectivity index (χ1) is 6.76. The zero-order valence-corrected chi connectivity index (χ0v) is 9.68. The number of hydrogen-bond donors (Lipinski definition) is 2. The van der Waals surface area contributed by atoms with E-state index < -0.39 is 0 Å². The van der Waals surface area contributed by atoms with E-state index in [0.717, 1.165) is 19.3 Å².